The summed E-state index contributed by atoms with van der Waals surface area (Å²) < 4.78 is 11.7. The van der Waals surface area contributed by atoms with E-state index in [2.05, 4.69) is 5.10 Å². The van der Waals surface area contributed by atoms with E-state index in [4.69, 9.17) is 9.15 Å². The number of amides is 1. The lowest BCUT2D eigenvalue weighted by atomic mass is 10.3. The molecule has 0 bridgehead atoms. The summed E-state index contributed by atoms with van der Waals surface area (Å²) in [4.78, 5) is 26.0. The van der Waals surface area contributed by atoms with Gasteiger partial charge in [0.2, 0.25) is 0 Å². The van der Waals surface area contributed by atoms with Crippen LogP contribution in [0.25, 0.3) is 0 Å². The molecule has 0 aliphatic rings. The molecule has 2 aromatic rings. The number of carbonyl (C=O) groups is 1. The molecule has 1 amide bonds. The Morgan fingerprint density at radius 2 is 2.22 bits per heavy atom. The maximum atomic E-state index is 12.7. The van der Waals surface area contributed by atoms with Gasteiger partial charge in [0.1, 0.15) is 11.5 Å². The van der Waals surface area contributed by atoms with Gasteiger partial charge in [-0.15, -0.1) is 0 Å². The van der Waals surface area contributed by atoms with E-state index in [9.17, 15) is 9.59 Å². The third-order valence-electron chi connectivity index (χ3n) is 3.30. The van der Waals surface area contributed by atoms with Gasteiger partial charge in [0.15, 0.2) is 0 Å². The van der Waals surface area contributed by atoms with Gasteiger partial charge in [-0.05, 0) is 24.6 Å². The molecule has 0 unspecified atom stereocenters. The van der Waals surface area contributed by atoms with Gasteiger partial charge in [0.25, 0.3) is 11.5 Å². The van der Waals surface area contributed by atoms with Crippen molar-refractivity contribution in [2.45, 2.75) is 26.4 Å². The van der Waals surface area contributed by atoms with E-state index >= 15 is 0 Å². The maximum absolute atomic E-state index is 12.7. The summed E-state index contributed by atoms with van der Waals surface area (Å²) in [6, 6.07) is 6.41. The number of rotatable bonds is 8. The van der Waals surface area contributed by atoms with Gasteiger partial charge in [0.05, 0.1) is 19.4 Å². The Labute approximate surface area is 134 Å². The Kier molecular flexibility index (Phi) is 6.10. The van der Waals surface area contributed by atoms with E-state index < -0.39 is 0 Å². The minimum atomic E-state index is -0.261. The molecule has 23 heavy (non-hydrogen) atoms. The molecule has 0 aliphatic carbocycles. The Bertz CT molecular complexity index is 679. The van der Waals surface area contributed by atoms with Crippen LogP contribution >= 0.6 is 0 Å². The second-order valence-electron chi connectivity index (χ2n) is 5.08. The first-order valence-corrected chi connectivity index (χ1v) is 7.54. The van der Waals surface area contributed by atoms with Crippen molar-refractivity contribution in [3.8, 4) is 0 Å². The number of aromatic nitrogens is 2. The van der Waals surface area contributed by atoms with Crippen LogP contribution in [0, 0.1) is 0 Å². The number of methoxy groups -OCH3 is 1. The van der Waals surface area contributed by atoms with Gasteiger partial charge in [-0.2, -0.15) is 5.10 Å². The van der Waals surface area contributed by atoms with Crippen LogP contribution in [0.2, 0.25) is 0 Å². The molecule has 7 heteroatoms. The first kappa shape index (κ1) is 17.0. The van der Waals surface area contributed by atoms with Crippen molar-refractivity contribution in [1.29, 1.82) is 0 Å². The zero-order chi connectivity index (χ0) is 16.7. The maximum Gasteiger partial charge on any atom is 0.274 e. The number of ether oxygens (including phenoxy) is 1. The van der Waals surface area contributed by atoms with Crippen LogP contribution in [0.5, 0.6) is 0 Å². The Morgan fingerprint density at radius 1 is 1.39 bits per heavy atom. The van der Waals surface area contributed by atoms with Crippen LogP contribution in [0.4, 0.5) is 0 Å². The highest BCUT2D eigenvalue weighted by atomic mass is 16.5. The van der Waals surface area contributed by atoms with E-state index in [0.717, 1.165) is 6.42 Å². The SMILES string of the molecule is CCCn1nc(C(=O)N(CCOC)Cc2ccco2)ccc1=O. The smallest absolute Gasteiger partial charge is 0.274 e. The highest BCUT2D eigenvalue weighted by molar-refractivity contribution is 5.92. The largest absolute Gasteiger partial charge is 0.467 e. The molecule has 0 atom stereocenters. The number of carbonyl (C=O) groups excluding carboxylic acids is 1. The number of hydrogen-bond donors (Lipinski definition) is 0. The minimum absolute atomic E-state index is 0.210. The van der Waals surface area contributed by atoms with Crippen molar-refractivity contribution in [3.05, 3.63) is 52.3 Å². The molecule has 0 saturated heterocycles. The molecule has 0 N–H and O–H groups in total. The zero-order valence-electron chi connectivity index (χ0n) is 13.4. The minimum Gasteiger partial charge on any atom is -0.467 e. The number of aryl methyl sites for hydroxylation is 1. The lowest BCUT2D eigenvalue weighted by Crippen LogP contribution is -2.35. The molecule has 0 saturated carbocycles. The molecule has 0 aromatic carbocycles. The lowest BCUT2D eigenvalue weighted by Gasteiger charge is -2.21. The van der Waals surface area contributed by atoms with Crippen LogP contribution < -0.4 is 5.56 Å². The summed E-state index contributed by atoms with van der Waals surface area (Å²) in [5.74, 6) is 0.416. The summed E-state index contributed by atoms with van der Waals surface area (Å²) in [6.45, 7) is 3.57. The van der Waals surface area contributed by atoms with Crippen molar-refractivity contribution in [1.82, 2.24) is 14.7 Å². The quantitative estimate of drug-likeness (QED) is 0.737. The van der Waals surface area contributed by atoms with Crippen LogP contribution in [0.1, 0.15) is 29.6 Å². The third-order valence-corrected chi connectivity index (χ3v) is 3.30. The summed E-state index contributed by atoms with van der Waals surface area (Å²) in [6.07, 6.45) is 2.33. The van der Waals surface area contributed by atoms with Gasteiger partial charge >= 0.3 is 0 Å². The van der Waals surface area contributed by atoms with Crippen molar-refractivity contribution in [3.63, 3.8) is 0 Å². The fraction of sp³-hybridized carbons (Fsp3) is 0.438. The Balaban J connectivity index is 2.21. The van der Waals surface area contributed by atoms with Gasteiger partial charge in [-0.25, -0.2) is 4.68 Å². The van der Waals surface area contributed by atoms with E-state index in [0.29, 0.717) is 32.0 Å². The van der Waals surface area contributed by atoms with Gasteiger partial charge in [0, 0.05) is 26.3 Å². The average molecular weight is 319 g/mol. The summed E-state index contributed by atoms with van der Waals surface area (Å²) in [7, 11) is 1.58. The predicted octanol–water partition coefficient (Wildman–Crippen LogP) is 1.54. The number of nitrogens with zero attached hydrogens (tertiary/aromatic N) is 3. The predicted molar refractivity (Wildman–Crippen MR) is 84.1 cm³/mol. The summed E-state index contributed by atoms with van der Waals surface area (Å²) in [5, 5.41) is 4.16. The molecule has 0 fully saturated rings. The lowest BCUT2D eigenvalue weighted by molar-refractivity contribution is 0.0658. The molecule has 7 nitrogen and oxygen atoms in total. The Hall–Kier alpha value is -2.41. The fourth-order valence-electron chi connectivity index (χ4n) is 2.14. The molecular formula is C16H21N3O4. The summed E-state index contributed by atoms with van der Waals surface area (Å²) >= 11 is 0. The molecule has 0 radical (unpaired) electrons. The molecule has 124 valence electrons. The second-order valence-corrected chi connectivity index (χ2v) is 5.08. The van der Waals surface area contributed by atoms with Gasteiger partial charge < -0.3 is 14.1 Å². The molecule has 2 rings (SSSR count). The highest BCUT2D eigenvalue weighted by Crippen LogP contribution is 2.09. The topological polar surface area (TPSA) is 77.6 Å². The van der Waals surface area contributed by atoms with Gasteiger partial charge in [-0.1, -0.05) is 6.92 Å². The van der Waals surface area contributed by atoms with E-state index in [1.165, 1.54) is 16.8 Å². The van der Waals surface area contributed by atoms with Crippen LogP contribution in [0.15, 0.2) is 39.7 Å². The summed E-state index contributed by atoms with van der Waals surface area (Å²) in [5.41, 5.74) is 0.0265. The second kappa shape index (κ2) is 8.28. The average Bonchev–Trinajstić information content (AvgIpc) is 3.06. The van der Waals surface area contributed by atoms with Crippen molar-refractivity contribution >= 4 is 5.91 Å². The number of furan rings is 1. The van der Waals surface area contributed by atoms with Crippen LogP contribution in [0.3, 0.4) is 0 Å². The molecule has 2 aromatic heterocycles. The molecular weight excluding hydrogens is 298 g/mol. The first-order chi connectivity index (χ1) is 11.2. The molecule has 0 aliphatic heterocycles. The highest BCUT2D eigenvalue weighted by Gasteiger charge is 2.19. The third kappa shape index (κ3) is 4.53. The van der Waals surface area contributed by atoms with Crippen molar-refractivity contribution in [2.75, 3.05) is 20.3 Å². The van der Waals surface area contributed by atoms with E-state index in [-0.39, 0.29) is 17.2 Å². The first-order valence-electron chi connectivity index (χ1n) is 7.54. The standard InChI is InChI=1S/C16H21N3O4/c1-3-8-19-15(20)7-6-14(17-19)16(21)18(9-11-22-2)12-13-5-4-10-23-13/h4-7,10H,3,8-9,11-12H2,1-2H3. The number of hydrogen-bond acceptors (Lipinski definition) is 5. The van der Waals surface area contributed by atoms with Crippen molar-refractivity contribution < 1.29 is 13.9 Å². The zero-order valence-corrected chi connectivity index (χ0v) is 13.4. The molecule has 2 heterocycles. The fourth-order valence-corrected chi connectivity index (χ4v) is 2.14. The monoisotopic (exact) mass is 319 g/mol. The van der Waals surface area contributed by atoms with Gasteiger partial charge in [-0.3, -0.25) is 9.59 Å². The van der Waals surface area contributed by atoms with Crippen molar-refractivity contribution in [2.24, 2.45) is 0 Å². The molecule has 0 spiro atoms. The normalized spacial score (nSPS) is 10.7. The Morgan fingerprint density at radius 3 is 2.87 bits per heavy atom. The van der Waals surface area contributed by atoms with Crippen LogP contribution in [-0.2, 0) is 17.8 Å². The van der Waals surface area contributed by atoms with E-state index in [1.807, 2.05) is 6.92 Å². The van der Waals surface area contributed by atoms with E-state index in [1.54, 1.807) is 30.4 Å². The van der Waals surface area contributed by atoms with Crippen LogP contribution in [-0.4, -0.2) is 40.8 Å².